The first kappa shape index (κ1) is 16.1. The Morgan fingerprint density at radius 3 is 1.60 bits per heavy atom. The van der Waals surface area contributed by atoms with Crippen LogP contribution in [0.2, 0.25) is 0 Å². The first-order valence-corrected chi connectivity index (χ1v) is 10.8. The van der Waals surface area contributed by atoms with E-state index in [9.17, 15) is 9.79 Å². The van der Waals surface area contributed by atoms with Crippen molar-refractivity contribution in [1.82, 2.24) is 0 Å². The molecule has 94 valence electrons. The van der Waals surface area contributed by atoms with E-state index >= 15 is 0 Å². The molecule has 0 unspecified atom stereocenters. The Bertz CT molecular complexity index is 193. The van der Waals surface area contributed by atoms with Crippen LogP contribution in [0.15, 0.2) is 0 Å². The van der Waals surface area contributed by atoms with Crippen LogP contribution in [0.3, 0.4) is 0 Å². The fourth-order valence-electron chi connectivity index (χ4n) is 1.38. The Kier molecular flexibility index (Phi) is 9.76. The molecule has 0 saturated heterocycles. The largest absolute Gasteiger partial charge is 0.341 e. The van der Waals surface area contributed by atoms with Crippen molar-refractivity contribution in [3.05, 3.63) is 0 Å². The van der Waals surface area contributed by atoms with Gasteiger partial charge in [-0.1, -0.05) is 51.8 Å². The molecule has 0 aliphatic rings. The van der Waals surface area contributed by atoms with Gasteiger partial charge in [-0.15, -0.1) is 10.1 Å². The van der Waals surface area contributed by atoms with E-state index in [1.165, 1.54) is 25.7 Å². The van der Waals surface area contributed by atoms with Crippen molar-refractivity contribution in [3.63, 3.8) is 0 Å². The summed E-state index contributed by atoms with van der Waals surface area (Å²) in [6.07, 6.45) is 6.95. The van der Waals surface area contributed by atoms with Gasteiger partial charge in [-0.25, -0.2) is 0 Å². The normalized spacial score (nSPS) is 12.4. The number of hydrogen-bond acceptors (Lipinski definition) is 0. The Morgan fingerprint density at radius 2 is 1.33 bits per heavy atom. The summed E-state index contributed by atoms with van der Waals surface area (Å²) >= 11 is 3.99. The molecule has 0 spiro atoms. The van der Waals surface area contributed by atoms with Crippen LogP contribution in [-0.4, -0.2) is 21.3 Å². The molecule has 2 nitrogen and oxygen atoms in total. The molecule has 0 fully saturated rings. The molecule has 15 heavy (non-hydrogen) atoms. The molecule has 0 aromatic heterocycles. The lowest BCUT2D eigenvalue weighted by molar-refractivity contribution is 0.502. The van der Waals surface area contributed by atoms with Crippen LogP contribution >= 0.6 is 17.9 Å². The molecule has 0 atom stereocenters. The zero-order valence-corrected chi connectivity index (χ0v) is 12.5. The van der Waals surface area contributed by atoms with Crippen molar-refractivity contribution in [3.8, 4) is 0 Å². The van der Waals surface area contributed by atoms with Crippen LogP contribution in [0.5, 0.6) is 0 Å². The average Bonchev–Trinajstić information content (AvgIpc) is 2.14. The molecule has 0 aliphatic heterocycles. The van der Waals surface area contributed by atoms with Crippen LogP contribution in [-0.2, 0) is 10.1 Å². The molecule has 5 heteroatoms. The molecule has 0 aliphatic carbocycles. The summed E-state index contributed by atoms with van der Waals surface area (Å²) in [6.45, 7) is 4.33. The maximum absolute atomic E-state index is 9.62. The Morgan fingerprint density at radius 1 is 0.933 bits per heavy atom. The number of unbranched alkanes of at least 4 members (excludes halogenated alkanes) is 4. The Balaban J connectivity index is 4.10. The van der Waals surface area contributed by atoms with Crippen LogP contribution in [0.25, 0.3) is 0 Å². The van der Waals surface area contributed by atoms with Gasteiger partial charge in [0, 0.05) is 0 Å². The first-order valence-electron chi connectivity index (χ1n) is 5.77. The summed E-state index contributed by atoms with van der Waals surface area (Å²) in [6, 6.07) is 0. The Hall–Kier alpha value is 1.05. The third-order valence-electron chi connectivity index (χ3n) is 2.31. The van der Waals surface area contributed by atoms with E-state index in [2.05, 4.69) is 26.1 Å². The minimum Gasteiger partial charge on any atom is -0.341 e. The maximum atomic E-state index is 9.62. The third kappa shape index (κ3) is 8.82. The quantitative estimate of drug-likeness (QED) is 0.359. The van der Waals surface area contributed by atoms with Gasteiger partial charge in [0.05, 0.1) is 0 Å². The minimum atomic E-state index is -2.88. The first-order chi connectivity index (χ1) is 7.02. The molecule has 0 heterocycles. The molecular weight excluding hydrogens is 247 g/mol. The van der Waals surface area contributed by atoms with Crippen molar-refractivity contribution in [2.75, 3.05) is 11.5 Å². The molecule has 0 rings (SSSR count). The highest BCUT2D eigenvalue weighted by molar-refractivity contribution is 8.65. The highest BCUT2D eigenvalue weighted by atomic mass is 32.9. The van der Waals surface area contributed by atoms with Crippen molar-refractivity contribution in [1.29, 1.82) is 0 Å². The second kappa shape index (κ2) is 9.12. The lowest BCUT2D eigenvalue weighted by atomic mass is 10.3. The predicted octanol–water partition coefficient (Wildman–Crippen LogP) is 3.58. The maximum Gasteiger partial charge on any atom is 0.198 e. The molecule has 0 amide bonds. The van der Waals surface area contributed by atoms with Gasteiger partial charge in [0.25, 0.3) is 0 Å². The molecule has 0 aromatic carbocycles. The SMILES string of the molecule is CCCCCS(CCCCC)=P(O)(O)S. The monoisotopic (exact) mass is 272 g/mol. The van der Waals surface area contributed by atoms with Gasteiger partial charge in [0.1, 0.15) is 0 Å². The Labute approximate surface area is 102 Å². The standard InChI is InChI=1S/C10H25O2PS2/c1-3-5-7-9-15(13(11,12)14)10-8-6-4-2/h11-12,14H,3-10H2,1-2H3. The van der Waals surface area contributed by atoms with E-state index in [1.807, 2.05) is 0 Å². The molecule has 0 bridgehead atoms. The summed E-state index contributed by atoms with van der Waals surface area (Å²) in [5.74, 6) is 1.89. The highest BCUT2D eigenvalue weighted by Gasteiger charge is 2.10. The van der Waals surface area contributed by atoms with E-state index < -0.39 is 5.69 Å². The topological polar surface area (TPSA) is 40.5 Å². The van der Waals surface area contributed by atoms with Crippen molar-refractivity contribution >= 4 is 28.0 Å². The molecular formula is C10H25O2PS2. The number of hydrogen-bond donors (Lipinski definition) is 3. The zero-order chi connectivity index (χ0) is 11.7. The van der Waals surface area contributed by atoms with Crippen LogP contribution < -0.4 is 0 Å². The van der Waals surface area contributed by atoms with Gasteiger partial charge in [0.2, 0.25) is 0 Å². The molecule has 0 radical (unpaired) electrons. The second-order valence-electron chi connectivity index (χ2n) is 3.80. The number of thiol groups is 1. The van der Waals surface area contributed by atoms with Crippen molar-refractivity contribution in [2.24, 2.45) is 0 Å². The van der Waals surface area contributed by atoms with Gasteiger partial charge in [0.15, 0.2) is 5.69 Å². The second-order valence-corrected chi connectivity index (χ2v) is 12.1. The zero-order valence-electron chi connectivity index (χ0n) is 9.85. The minimum absolute atomic E-state index is 0.258. The van der Waals surface area contributed by atoms with Gasteiger partial charge in [-0.05, 0) is 24.3 Å². The van der Waals surface area contributed by atoms with Crippen LogP contribution in [0, 0.1) is 0 Å². The van der Waals surface area contributed by atoms with E-state index in [4.69, 9.17) is 0 Å². The van der Waals surface area contributed by atoms with E-state index in [0.29, 0.717) is 0 Å². The number of rotatable bonds is 8. The predicted molar refractivity (Wildman–Crippen MR) is 76.5 cm³/mol. The van der Waals surface area contributed by atoms with Crippen LogP contribution in [0.1, 0.15) is 52.4 Å². The summed E-state index contributed by atoms with van der Waals surface area (Å²) in [7, 11) is -0.258. The fraction of sp³-hybridized carbons (Fsp3) is 1.00. The average molecular weight is 272 g/mol. The van der Waals surface area contributed by atoms with Gasteiger partial charge >= 0.3 is 0 Å². The van der Waals surface area contributed by atoms with E-state index in [0.717, 1.165) is 24.3 Å². The van der Waals surface area contributed by atoms with E-state index in [1.54, 1.807) is 0 Å². The molecule has 0 aromatic rings. The smallest absolute Gasteiger partial charge is 0.198 e. The van der Waals surface area contributed by atoms with Gasteiger partial charge in [-0.2, -0.15) is 0 Å². The van der Waals surface area contributed by atoms with Gasteiger partial charge < -0.3 is 9.79 Å². The van der Waals surface area contributed by atoms with Crippen molar-refractivity contribution < 1.29 is 9.79 Å². The lowest BCUT2D eigenvalue weighted by Gasteiger charge is -2.16. The molecule has 0 saturated carbocycles. The van der Waals surface area contributed by atoms with E-state index in [-0.39, 0.29) is 10.1 Å². The summed E-state index contributed by atoms with van der Waals surface area (Å²) in [5, 5.41) is 0. The van der Waals surface area contributed by atoms with Crippen LogP contribution in [0.4, 0.5) is 0 Å². The third-order valence-corrected chi connectivity index (χ3v) is 9.78. The highest BCUT2D eigenvalue weighted by Crippen LogP contribution is 2.47. The summed E-state index contributed by atoms with van der Waals surface area (Å²) in [4.78, 5) is 19.2. The summed E-state index contributed by atoms with van der Waals surface area (Å²) in [5.41, 5.74) is -2.88. The lowest BCUT2D eigenvalue weighted by Crippen LogP contribution is -2.04. The van der Waals surface area contributed by atoms with Gasteiger partial charge in [-0.3, -0.25) is 0 Å². The molecule has 2 N–H and O–H groups in total. The summed E-state index contributed by atoms with van der Waals surface area (Å²) < 4.78 is 0. The fourth-order valence-corrected chi connectivity index (χ4v) is 6.87. The van der Waals surface area contributed by atoms with Crippen molar-refractivity contribution in [2.45, 2.75) is 52.4 Å².